The average molecular weight is 351 g/mol. The number of nitrogens with two attached hydrogens (primary N) is 1. The Labute approximate surface area is 122 Å². The Bertz CT molecular complexity index is 544. The minimum Gasteiger partial charge on any atom is -0.307 e. The highest BCUT2D eigenvalue weighted by molar-refractivity contribution is 9.10. The smallest absolute Gasteiger partial charge is 0.244 e. The van der Waals surface area contributed by atoms with Crippen molar-refractivity contribution in [2.45, 2.75) is 44.0 Å². The van der Waals surface area contributed by atoms with Crippen molar-refractivity contribution in [1.29, 1.82) is 0 Å². The van der Waals surface area contributed by atoms with E-state index in [0.29, 0.717) is 17.3 Å². The molecule has 0 atom stereocenters. The van der Waals surface area contributed by atoms with Crippen LogP contribution in [0.5, 0.6) is 0 Å². The first-order valence-corrected chi connectivity index (χ1v) is 8.21. The topological polar surface area (TPSA) is 97.1 Å². The summed E-state index contributed by atoms with van der Waals surface area (Å²) in [5.74, 6) is 5.42. The molecule has 1 heterocycles. The highest BCUT2D eigenvalue weighted by atomic mass is 79.9. The van der Waals surface area contributed by atoms with Crippen LogP contribution in [0.15, 0.2) is 21.6 Å². The quantitative estimate of drug-likeness (QED) is 0.538. The van der Waals surface area contributed by atoms with Crippen LogP contribution < -0.4 is 16.0 Å². The molecule has 0 radical (unpaired) electrons. The largest absolute Gasteiger partial charge is 0.307 e. The van der Waals surface area contributed by atoms with E-state index in [0.717, 1.165) is 0 Å². The molecule has 0 saturated heterocycles. The summed E-state index contributed by atoms with van der Waals surface area (Å²) < 4.78 is 28.1. The summed E-state index contributed by atoms with van der Waals surface area (Å²) in [6, 6.07) is 1.47. The van der Waals surface area contributed by atoms with Gasteiger partial charge in [0.2, 0.25) is 10.0 Å². The number of hydrogen-bond acceptors (Lipinski definition) is 5. The molecular formula is C11H19BrN4O2S. The molecule has 1 rings (SSSR count). The Balaban J connectivity index is 3.24. The summed E-state index contributed by atoms with van der Waals surface area (Å²) >= 11 is 3.21. The van der Waals surface area contributed by atoms with Crippen LogP contribution in [0, 0.1) is 0 Å². The normalized spacial score (nSPS) is 12.5. The molecule has 1 aromatic rings. The van der Waals surface area contributed by atoms with Crippen LogP contribution in [-0.4, -0.2) is 18.9 Å². The van der Waals surface area contributed by atoms with Gasteiger partial charge in [-0.2, -0.15) is 0 Å². The van der Waals surface area contributed by atoms with E-state index in [1.54, 1.807) is 0 Å². The molecule has 1 aromatic heterocycles. The average Bonchev–Trinajstić information content (AvgIpc) is 2.38. The molecule has 0 spiro atoms. The number of nitrogens with zero attached hydrogens (tertiary/aromatic N) is 1. The number of hydrazine groups is 1. The van der Waals surface area contributed by atoms with Gasteiger partial charge in [0.05, 0.1) is 0 Å². The van der Waals surface area contributed by atoms with Crippen molar-refractivity contribution in [3.63, 3.8) is 0 Å². The van der Waals surface area contributed by atoms with E-state index in [4.69, 9.17) is 5.84 Å². The summed E-state index contributed by atoms with van der Waals surface area (Å²) in [6.07, 6.45) is 2.86. The standard InChI is InChI=1S/C11H19BrN4O2S/c1-4-11(3,5-2)16-19(17,18)9-6-8(12)7-14-10(9)15-13/h6-7,16H,4-5,13H2,1-3H3,(H,14,15). The zero-order valence-corrected chi connectivity index (χ0v) is 13.6. The van der Waals surface area contributed by atoms with Crippen LogP contribution in [0.3, 0.4) is 0 Å². The molecule has 0 aromatic carbocycles. The Kier molecular flexibility index (Phi) is 5.31. The molecule has 0 unspecified atom stereocenters. The van der Waals surface area contributed by atoms with E-state index in [9.17, 15) is 8.42 Å². The van der Waals surface area contributed by atoms with E-state index in [-0.39, 0.29) is 10.7 Å². The predicted molar refractivity (Wildman–Crippen MR) is 79.1 cm³/mol. The molecule has 6 nitrogen and oxygen atoms in total. The van der Waals surface area contributed by atoms with Gasteiger partial charge in [0.25, 0.3) is 0 Å². The fraction of sp³-hybridized carbons (Fsp3) is 0.545. The van der Waals surface area contributed by atoms with Gasteiger partial charge >= 0.3 is 0 Å². The molecule has 0 fully saturated rings. The first-order valence-electron chi connectivity index (χ1n) is 5.94. The Morgan fingerprint density at radius 2 is 2.00 bits per heavy atom. The maximum Gasteiger partial charge on any atom is 0.244 e. The molecule has 0 aliphatic carbocycles. The molecule has 0 aliphatic heterocycles. The van der Waals surface area contributed by atoms with Crippen molar-refractivity contribution < 1.29 is 8.42 Å². The SMILES string of the molecule is CCC(C)(CC)NS(=O)(=O)c1cc(Br)cnc1NN. The number of pyridine rings is 1. The van der Waals surface area contributed by atoms with Crippen molar-refractivity contribution >= 4 is 31.8 Å². The number of aromatic nitrogens is 1. The predicted octanol–water partition coefficient (Wildman–Crippen LogP) is 1.99. The Hall–Kier alpha value is -0.700. The lowest BCUT2D eigenvalue weighted by atomic mass is 9.98. The molecule has 0 saturated carbocycles. The minimum atomic E-state index is -3.69. The molecule has 4 N–H and O–H groups in total. The number of hydrogen-bond donors (Lipinski definition) is 3. The zero-order chi connectivity index (χ0) is 14.7. The molecule has 108 valence electrons. The fourth-order valence-corrected chi connectivity index (χ4v) is 3.69. The number of nitrogen functional groups attached to an aromatic ring is 1. The molecule has 8 heteroatoms. The maximum absolute atomic E-state index is 12.4. The maximum atomic E-state index is 12.4. The second kappa shape index (κ2) is 6.17. The van der Waals surface area contributed by atoms with E-state index in [1.807, 2.05) is 20.8 Å². The highest BCUT2D eigenvalue weighted by Crippen LogP contribution is 2.25. The van der Waals surface area contributed by atoms with Crippen molar-refractivity contribution in [3.8, 4) is 0 Å². The van der Waals surface area contributed by atoms with Crippen molar-refractivity contribution in [2.75, 3.05) is 5.43 Å². The van der Waals surface area contributed by atoms with Crippen LogP contribution >= 0.6 is 15.9 Å². The summed E-state index contributed by atoms with van der Waals surface area (Å²) in [6.45, 7) is 5.74. The van der Waals surface area contributed by atoms with Crippen LogP contribution in [0.1, 0.15) is 33.6 Å². The van der Waals surface area contributed by atoms with Gasteiger partial charge in [-0.15, -0.1) is 0 Å². The van der Waals surface area contributed by atoms with E-state index in [1.165, 1.54) is 12.3 Å². The monoisotopic (exact) mass is 350 g/mol. The molecule has 19 heavy (non-hydrogen) atoms. The van der Waals surface area contributed by atoms with Crippen LogP contribution in [-0.2, 0) is 10.0 Å². The second-order valence-corrected chi connectivity index (χ2v) is 7.08. The van der Waals surface area contributed by atoms with Gasteiger partial charge in [-0.05, 0) is 41.8 Å². The van der Waals surface area contributed by atoms with Crippen molar-refractivity contribution in [1.82, 2.24) is 9.71 Å². The molecule has 0 amide bonds. The zero-order valence-electron chi connectivity index (χ0n) is 11.2. The third-order valence-corrected chi connectivity index (χ3v) is 5.27. The number of anilines is 1. The molecular weight excluding hydrogens is 332 g/mol. The van der Waals surface area contributed by atoms with E-state index < -0.39 is 15.6 Å². The summed E-state index contributed by atoms with van der Waals surface area (Å²) in [5.41, 5.74) is 1.81. The molecule has 0 bridgehead atoms. The number of nitrogens with one attached hydrogen (secondary N) is 2. The van der Waals surface area contributed by atoms with Crippen LogP contribution in [0.4, 0.5) is 5.82 Å². The van der Waals surface area contributed by atoms with Gasteiger partial charge in [-0.3, -0.25) is 0 Å². The third kappa shape index (κ3) is 3.88. The summed E-state index contributed by atoms with van der Waals surface area (Å²) in [5, 5.41) is 0. The third-order valence-electron chi connectivity index (χ3n) is 3.19. The number of halogens is 1. The lowest BCUT2D eigenvalue weighted by molar-refractivity contribution is 0.388. The van der Waals surface area contributed by atoms with Gasteiger partial charge in [0, 0.05) is 16.2 Å². The first kappa shape index (κ1) is 16.4. The van der Waals surface area contributed by atoms with Gasteiger partial charge < -0.3 is 5.43 Å². The van der Waals surface area contributed by atoms with Gasteiger partial charge in [-0.1, -0.05) is 13.8 Å². The summed E-state index contributed by atoms with van der Waals surface area (Å²) in [4.78, 5) is 3.97. The second-order valence-electron chi connectivity index (χ2n) is 4.52. The number of sulfonamides is 1. The fourth-order valence-electron chi connectivity index (χ4n) is 1.51. The minimum absolute atomic E-state index is 0.0255. The lowest BCUT2D eigenvalue weighted by Crippen LogP contribution is -2.45. The number of rotatable bonds is 6. The Morgan fingerprint density at radius 1 is 1.42 bits per heavy atom. The summed E-state index contributed by atoms with van der Waals surface area (Å²) in [7, 11) is -3.69. The highest BCUT2D eigenvalue weighted by Gasteiger charge is 2.29. The molecule has 0 aliphatic rings. The van der Waals surface area contributed by atoms with E-state index >= 15 is 0 Å². The first-order chi connectivity index (χ1) is 8.78. The van der Waals surface area contributed by atoms with Crippen LogP contribution in [0.2, 0.25) is 0 Å². The van der Waals surface area contributed by atoms with Crippen molar-refractivity contribution in [2.24, 2.45) is 5.84 Å². The Morgan fingerprint density at radius 3 is 2.47 bits per heavy atom. The van der Waals surface area contributed by atoms with Gasteiger partial charge in [0.1, 0.15) is 4.90 Å². The van der Waals surface area contributed by atoms with Crippen LogP contribution in [0.25, 0.3) is 0 Å². The van der Waals surface area contributed by atoms with Gasteiger partial charge in [0.15, 0.2) is 5.82 Å². The van der Waals surface area contributed by atoms with E-state index in [2.05, 4.69) is 31.1 Å². The van der Waals surface area contributed by atoms with Crippen molar-refractivity contribution in [3.05, 3.63) is 16.7 Å². The van der Waals surface area contributed by atoms with Gasteiger partial charge in [-0.25, -0.2) is 24.0 Å². The lowest BCUT2D eigenvalue weighted by Gasteiger charge is -2.28.